The molecule has 10 rings (SSSR count). The van der Waals surface area contributed by atoms with E-state index in [4.69, 9.17) is 0 Å². The zero-order valence-corrected chi connectivity index (χ0v) is 26.4. The summed E-state index contributed by atoms with van der Waals surface area (Å²) in [5.74, 6) is 0. The van der Waals surface area contributed by atoms with Crippen LogP contribution in [0.4, 0.5) is 0 Å². The lowest BCUT2D eigenvalue weighted by Gasteiger charge is -2.12. The first kappa shape index (κ1) is 26.5. The Balaban J connectivity index is 1.25. The van der Waals surface area contributed by atoms with Gasteiger partial charge >= 0.3 is 0 Å². The highest BCUT2D eigenvalue weighted by molar-refractivity contribution is 7.26. The smallest absolute Gasteiger partial charge is 0.0440 e. The fraction of sp³-hybridized carbons (Fsp3) is 0. The number of benzene rings is 9. The van der Waals surface area contributed by atoms with Crippen LogP contribution in [0.3, 0.4) is 0 Å². The lowest BCUT2D eigenvalue weighted by molar-refractivity contribution is 1.58. The fourth-order valence-corrected chi connectivity index (χ4v) is 8.89. The quantitative estimate of drug-likeness (QED) is 0.174. The second kappa shape index (κ2) is 10.4. The Morgan fingerprint density at radius 3 is 1.47 bits per heavy atom. The van der Waals surface area contributed by atoms with E-state index in [2.05, 4.69) is 170 Å². The molecule has 0 N–H and O–H groups in total. The Hall–Kier alpha value is -5.76. The van der Waals surface area contributed by atoms with Gasteiger partial charge in [-0.3, -0.25) is 0 Å². The van der Waals surface area contributed by atoms with Gasteiger partial charge in [0.15, 0.2) is 0 Å². The van der Waals surface area contributed by atoms with E-state index >= 15 is 0 Å². The third-order valence-electron chi connectivity index (χ3n) is 9.80. The third kappa shape index (κ3) is 4.14. The van der Waals surface area contributed by atoms with E-state index in [1.165, 1.54) is 96.6 Å². The summed E-state index contributed by atoms with van der Waals surface area (Å²) in [4.78, 5) is 0. The van der Waals surface area contributed by atoms with Gasteiger partial charge in [-0.25, -0.2) is 0 Å². The highest BCUT2D eigenvalue weighted by Crippen LogP contribution is 2.47. The molecule has 0 aliphatic heterocycles. The Morgan fingerprint density at radius 2 is 0.787 bits per heavy atom. The van der Waals surface area contributed by atoms with Crippen LogP contribution in [0.25, 0.3) is 96.6 Å². The van der Waals surface area contributed by atoms with Crippen molar-refractivity contribution in [3.8, 4) is 33.4 Å². The lowest BCUT2D eigenvalue weighted by atomic mass is 9.91. The molecule has 1 heteroatoms. The highest BCUT2D eigenvalue weighted by Gasteiger charge is 2.18. The van der Waals surface area contributed by atoms with Crippen molar-refractivity contribution in [2.75, 3.05) is 0 Å². The lowest BCUT2D eigenvalue weighted by Crippen LogP contribution is -1.85. The average Bonchev–Trinajstić information content (AvgIpc) is 3.53. The molecular formula is C46H28S. The standard InChI is InChI=1S/C46H28S/c1-2-12-29(13-3-1)30-15-10-16-31(24-30)32-17-11-18-33(25-32)40-26-34-14-4-5-19-35(34)45-43-27-41-38-22-8-6-20-36(38)37-21-7-9-23-39(37)42(41)28-44(43)47-46(40)45/h1-28H. The van der Waals surface area contributed by atoms with E-state index in [0.717, 1.165) is 0 Å². The summed E-state index contributed by atoms with van der Waals surface area (Å²) in [6.07, 6.45) is 0. The van der Waals surface area contributed by atoms with Crippen molar-refractivity contribution in [1.29, 1.82) is 0 Å². The van der Waals surface area contributed by atoms with E-state index < -0.39 is 0 Å². The molecule has 0 radical (unpaired) electrons. The Bertz CT molecular complexity index is 2840. The van der Waals surface area contributed by atoms with Crippen LogP contribution < -0.4 is 0 Å². The summed E-state index contributed by atoms with van der Waals surface area (Å²) >= 11 is 1.93. The van der Waals surface area contributed by atoms with Crippen molar-refractivity contribution < 1.29 is 0 Å². The molecular weight excluding hydrogens is 585 g/mol. The van der Waals surface area contributed by atoms with Gasteiger partial charge in [0.25, 0.3) is 0 Å². The zero-order valence-electron chi connectivity index (χ0n) is 25.6. The summed E-state index contributed by atoms with van der Waals surface area (Å²) in [5, 5.41) is 13.2. The summed E-state index contributed by atoms with van der Waals surface area (Å²) in [6.45, 7) is 0. The van der Waals surface area contributed by atoms with Gasteiger partial charge in [0, 0.05) is 25.7 Å². The highest BCUT2D eigenvalue weighted by atomic mass is 32.1. The molecule has 0 saturated carbocycles. The van der Waals surface area contributed by atoms with Gasteiger partial charge in [0.1, 0.15) is 0 Å². The van der Waals surface area contributed by atoms with Crippen LogP contribution in [0, 0.1) is 0 Å². The van der Waals surface area contributed by atoms with Gasteiger partial charge in [-0.05, 0) is 101 Å². The molecule has 218 valence electrons. The first-order valence-electron chi connectivity index (χ1n) is 16.2. The van der Waals surface area contributed by atoms with Crippen molar-refractivity contribution in [2.45, 2.75) is 0 Å². The molecule has 0 nitrogen and oxygen atoms in total. The van der Waals surface area contributed by atoms with E-state index in [1.54, 1.807) is 0 Å². The monoisotopic (exact) mass is 612 g/mol. The van der Waals surface area contributed by atoms with Crippen LogP contribution in [-0.4, -0.2) is 0 Å². The molecule has 0 spiro atoms. The van der Waals surface area contributed by atoms with Gasteiger partial charge < -0.3 is 0 Å². The molecule has 0 fully saturated rings. The maximum absolute atomic E-state index is 2.47. The van der Waals surface area contributed by atoms with Crippen molar-refractivity contribution >= 4 is 74.6 Å². The molecule has 0 bridgehead atoms. The predicted octanol–water partition coefficient (Wildman–Crippen LogP) is 13.7. The van der Waals surface area contributed by atoms with Crippen molar-refractivity contribution in [1.82, 2.24) is 0 Å². The Morgan fingerprint density at radius 1 is 0.298 bits per heavy atom. The number of thiophene rings is 1. The first-order valence-corrected chi connectivity index (χ1v) is 17.0. The van der Waals surface area contributed by atoms with E-state index in [1.807, 2.05) is 11.3 Å². The molecule has 0 saturated heterocycles. The van der Waals surface area contributed by atoms with Crippen LogP contribution in [0.1, 0.15) is 0 Å². The SMILES string of the molecule is c1ccc(-c2cccc(-c3cccc(-c4cc5ccccc5c5c4sc4cc6c7ccccc7c7ccccc7c6cc45)c3)c2)cc1. The van der Waals surface area contributed by atoms with Crippen LogP contribution >= 0.6 is 11.3 Å². The van der Waals surface area contributed by atoms with Gasteiger partial charge in [-0.15, -0.1) is 11.3 Å². The van der Waals surface area contributed by atoms with Gasteiger partial charge in [-0.1, -0.05) is 140 Å². The van der Waals surface area contributed by atoms with Crippen LogP contribution in [0.5, 0.6) is 0 Å². The van der Waals surface area contributed by atoms with E-state index in [-0.39, 0.29) is 0 Å². The topological polar surface area (TPSA) is 0 Å². The minimum atomic E-state index is 1.23. The third-order valence-corrected chi connectivity index (χ3v) is 11.0. The second-order valence-electron chi connectivity index (χ2n) is 12.5. The largest absolute Gasteiger partial charge is 0.134 e. The number of hydrogen-bond acceptors (Lipinski definition) is 1. The minimum Gasteiger partial charge on any atom is -0.134 e. The maximum Gasteiger partial charge on any atom is 0.0440 e. The second-order valence-corrected chi connectivity index (χ2v) is 13.5. The van der Waals surface area contributed by atoms with Crippen LogP contribution in [0.15, 0.2) is 170 Å². The van der Waals surface area contributed by atoms with Crippen molar-refractivity contribution in [3.63, 3.8) is 0 Å². The number of rotatable bonds is 3. The number of fused-ring (bicyclic) bond motifs is 11. The maximum atomic E-state index is 2.47. The van der Waals surface area contributed by atoms with Crippen LogP contribution in [-0.2, 0) is 0 Å². The molecule has 0 aliphatic rings. The van der Waals surface area contributed by atoms with E-state index in [9.17, 15) is 0 Å². The van der Waals surface area contributed by atoms with Gasteiger partial charge in [0.2, 0.25) is 0 Å². The molecule has 0 unspecified atom stereocenters. The average molecular weight is 613 g/mol. The normalized spacial score (nSPS) is 11.8. The Kier molecular flexibility index (Phi) is 5.85. The molecule has 0 atom stereocenters. The van der Waals surface area contributed by atoms with Gasteiger partial charge in [0.05, 0.1) is 0 Å². The summed E-state index contributed by atoms with van der Waals surface area (Å²) < 4.78 is 2.68. The van der Waals surface area contributed by atoms with Crippen molar-refractivity contribution in [2.24, 2.45) is 0 Å². The zero-order chi connectivity index (χ0) is 30.9. The summed E-state index contributed by atoms with van der Waals surface area (Å²) in [6, 6.07) is 62.6. The van der Waals surface area contributed by atoms with E-state index in [0.29, 0.717) is 0 Å². The van der Waals surface area contributed by atoms with Crippen LogP contribution in [0.2, 0.25) is 0 Å². The molecule has 0 aliphatic carbocycles. The molecule has 9 aromatic carbocycles. The van der Waals surface area contributed by atoms with Gasteiger partial charge in [-0.2, -0.15) is 0 Å². The molecule has 10 aromatic rings. The fourth-order valence-electron chi connectivity index (χ4n) is 7.61. The Labute approximate surface area is 276 Å². The number of hydrogen-bond donors (Lipinski definition) is 0. The molecule has 1 heterocycles. The minimum absolute atomic E-state index is 1.23. The molecule has 47 heavy (non-hydrogen) atoms. The first-order chi connectivity index (χ1) is 23.3. The molecule has 1 aromatic heterocycles. The predicted molar refractivity (Wildman–Crippen MR) is 206 cm³/mol. The van der Waals surface area contributed by atoms with Crippen molar-refractivity contribution in [3.05, 3.63) is 170 Å². The summed E-state index contributed by atoms with van der Waals surface area (Å²) in [5.41, 5.74) is 7.46. The summed E-state index contributed by atoms with van der Waals surface area (Å²) in [7, 11) is 0. The molecule has 0 amide bonds.